The Morgan fingerprint density at radius 2 is 2.05 bits per heavy atom. The van der Waals surface area contributed by atoms with Gasteiger partial charge in [-0.3, -0.25) is 0 Å². The van der Waals surface area contributed by atoms with E-state index >= 15 is 0 Å². The molecule has 0 amide bonds. The normalized spacial score (nSPS) is 11.3. The molecule has 2 aromatic rings. The van der Waals surface area contributed by atoms with Gasteiger partial charge >= 0.3 is 6.01 Å². The summed E-state index contributed by atoms with van der Waals surface area (Å²) in [4.78, 5) is 3.93. The van der Waals surface area contributed by atoms with Crippen molar-refractivity contribution in [3.05, 3.63) is 29.8 Å². The van der Waals surface area contributed by atoms with Crippen molar-refractivity contribution >= 4 is 31.9 Å². The fourth-order valence-corrected chi connectivity index (χ4v) is 2.66. The number of anilines is 1. The molecule has 0 saturated carbocycles. The van der Waals surface area contributed by atoms with E-state index in [1.807, 2.05) is 0 Å². The van der Waals surface area contributed by atoms with Gasteiger partial charge in [-0.2, -0.15) is 4.98 Å². The molecule has 0 unspecified atom stereocenters. The van der Waals surface area contributed by atoms with Crippen molar-refractivity contribution in [2.24, 2.45) is 0 Å². The van der Waals surface area contributed by atoms with E-state index in [2.05, 4.69) is 35.8 Å². The molecule has 0 saturated heterocycles. The number of rotatable bonds is 5. The van der Waals surface area contributed by atoms with Gasteiger partial charge in [0.15, 0.2) is 0 Å². The minimum absolute atomic E-state index is 0.00131. The lowest BCUT2D eigenvalue weighted by Crippen LogP contribution is -2.14. The van der Waals surface area contributed by atoms with E-state index in [-0.39, 0.29) is 16.9 Å². The van der Waals surface area contributed by atoms with Crippen LogP contribution in [0.2, 0.25) is 0 Å². The van der Waals surface area contributed by atoms with E-state index in [0.29, 0.717) is 5.33 Å². The standard InChI is InChI=1S/C10H11BrN4O3S/c1-18-10-12-9(13-14-10)15-19(16,17)8-4-2-7(6-11)3-5-8/h2-5H,6H2,1H3,(H2,12,13,14,15). The molecule has 19 heavy (non-hydrogen) atoms. The molecule has 1 aromatic carbocycles. The Kier molecular flexibility index (Phi) is 4.05. The molecule has 1 heterocycles. The third-order valence-corrected chi connectivity index (χ3v) is 4.27. The van der Waals surface area contributed by atoms with Crippen LogP contribution < -0.4 is 9.46 Å². The van der Waals surface area contributed by atoms with E-state index in [1.54, 1.807) is 12.1 Å². The highest BCUT2D eigenvalue weighted by atomic mass is 79.9. The lowest BCUT2D eigenvalue weighted by atomic mass is 10.2. The van der Waals surface area contributed by atoms with Gasteiger partial charge < -0.3 is 4.74 Å². The molecule has 0 fully saturated rings. The van der Waals surface area contributed by atoms with Crippen LogP contribution in [0.4, 0.5) is 5.95 Å². The summed E-state index contributed by atoms with van der Waals surface area (Å²) in [6, 6.07) is 6.56. The second-order valence-electron chi connectivity index (χ2n) is 3.55. The predicted molar refractivity (Wildman–Crippen MR) is 72.8 cm³/mol. The summed E-state index contributed by atoms with van der Waals surface area (Å²) in [7, 11) is -2.30. The number of nitrogens with zero attached hydrogens (tertiary/aromatic N) is 2. The number of nitrogens with one attached hydrogen (secondary N) is 2. The molecular weight excluding hydrogens is 336 g/mol. The summed E-state index contributed by atoms with van der Waals surface area (Å²) in [6.45, 7) is 0. The molecule has 0 atom stereocenters. The molecule has 0 spiro atoms. The van der Waals surface area contributed by atoms with Gasteiger partial charge in [-0.25, -0.2) is 18.2 Å². The number of hydrogen-bond donors (Lipinski definition) is 2. The highest BCUT2D eigenvalue weighted by Crippen LogP contribution is 2.16. The largest absolute Gasteiger partial charge is 0.466 e. The number of halogens is 1. The molecule has 0 aliphatic rings. The molecule has 7 nitrogen and oxygen atoms in total. The topological polar surface area (TPSA) is 97.0 Å². The molecule has 2 N–H and O–H groups in total. The van der Waals surface area contributed by atoms with Crippen LogP contribution in [-0.4, -0.2) is 30.7 Å². The number of H-pyrrole nitrogens is 1. The van der Waals surface area contributed by atoms with Crippen molar-refractivity contribution in [3.63, 3.8) is 0 Å². The van der Waals surface area contributed by atoms with Crippen molar-refractivity contribution in [1.29, 1.82) is 0 Å². The number of benzene rings is 1. The molecule has 0 aliphatic heterocycles. The van der Waals surface area contributed by atoms with Gasteiger partial charge in [-0.1, -0.05) is 28.1 Å². The summed E-state index contributed by atoms with van der Waals surface area (Å²) in [5.41, 5.74) is 0.986. The van der Waals surface area contributed by atoms with Crippen molar-refractivity contribution < 1.29 is 13.2 Å². The number of hydrogen-bond acceptors (Lipinski definition) is 5. The zero-order chi connectivity index (χ0) is 13.9. The SMILES string of the molecule is COc1n[nH]c(NS(=O)(=O)c2ccc(CBr)cc2)n1. The van der Waals surface area contributed by atoms with Gasteiger partial charge in [0.1, 0.15) is 0 Å². The monoisotopic (exact) mass is 346 g/mol. The Labute approximate surface area is 118 Å². The lowest BCUT2D eigenvalue weighted by molar-refractivity contribution is 0.382. The Morgan fingerprint density at radius 3 is 2.58 bits per heavy atom. The first-order chi connectivity index (χ1) is 9.05. The maximum absolute atomic E-state index is 12.0. The van der Waals surface area contributed by atoms with Gasteiger partial charge in [-0.15, -0.1) is 5.10 Å². The molecule has 2 rings (SSSR count). The molecular formula is C10H11BrN4O3S. The van der Waals surface area contributed by atoms with Crippen LogP contribution in [0.5, 0.6) is 6.01 Å². The average molecular weight is 347 g/mol. The van der Waals surface area contributed by atoms with Crippen LogP contribution in [0, 0.1) is 0 Å². The van der Waals surface area contributed by atoms with Gasteiger partial charge in [0.2, 0.25) is 5.95 Å². The number of aromatic amines is 1. The number of alkyl halides is 1. The second kappa shape index (κ2) is 5.57. The van der Waals surface area contributed by atoms with Gasteiger partial charge in [0, 0.05) is 5.33 Å². The zero-order valence-electron chi connectivity index (χ0n) is 9.92. The summed E-state index contributed by atoms with van der Waals surface area (Å²) >= 11 is 3.29. The fraction of sp³-hybridized carbons (Fsp3) is 0.200. The number of aromatic nitrogens is 3. The zero-order valence-corrected chi connectivity index (χ0v) is 12.3. The minimum Gasteiger partial charge on any atom is -0.466 e. The number of sulfonamides is 1. The average Bonchev–Trinajstić information content (AvgIpc) is 2.85. The summed E-state index contributed by atoms with van der Waals surface area (Å²) in [5, 5.41) is 6.74. The summed E-state index contributed by atoms with van der Waals surface area (Å²) in [6.07, 6.45) is 0. The molecule has 9 heteroatoms. The third kappa shape index (κ3) is 3.24. The van der Waals surface area contributed by atoms with E-state index in [9.17, 15) is 8.42 Å². The van der Waals surface area contributed by atoms with Crippen LogP contribution >= 0.6 is 15.9 Å². The van der Waals surface area contributed by atoms with Crippen LogP contribution in [0.15, 0.2) is 29.2 Å². The van der Waals surface area contributed by atoms with E-state index in [4.69, 9.17) is 4.74 Å². The highest BCUT2D eigenvalue weighted by molar-refractivity contribution is 9.08. The van der Waals surface area contributed by atoms with Gasteiger partial charge in [0.05, 0.1) is 12.0 Å². The first-order valence-electron chi connectivity index (χ1n) is 5.19. The quantitative estimate of drug-likeness (QED) is 0.799. The van der Waals surface area contributed by atoms with Crippen molar-refractivity contribution in [2.45, 2.75) is 10.2 Å². The van der Waals surface area contributed by atoms with Crippen molar-refractivity contribution in [1.82, 2.24) is 15.2 Å². The smallest absolute Gasteiger partial charge is 0.336 e. The molecule has 102 valence electrons. The predicted octanol–water partition coefficient (Wildman–Crippen LogP) is 1.51. The van der Waals surface area contributed by atoms with Crippen LogP contribution in [-0.2, 0) is 15.4 Å². The number of methoxy groups -OCH3 is 1. The van der Waals surface area contributed by atoms with Gasteiger partial charge in [0.25, 0.3) is 10.0 Å². The highest BCUT2D eigenvalue weighted by Gasteiger charge is 2.16. The molecule has 1 aromatic heterocycles. The summed E-state index contributed by atoms with van der Waals surface area (Å²) < 4.78 is 31.1. The number of ether oxygens (including phenoxy) is 1. The van der Waals surface area contributed by atoms with Crippen LogP contribution in [0.1, 0.15) is 5.56 Å². The Balaban J connectivity index is 2.21. The Hall–Kier alpha value is -1.61. The minimum atomic E-state index is -3.69. The molecule has 0 bridgehead atoms. The van der Waals surface area contributed by atoms with Crippen molar-refractivity contribution in [3.8, 4) is 6.01 Å². The fourth-order valence-electron chi connectivity index (χ4n) is 1.33. The third-order valence-electron chi connectivity index (χ3n) is 2.27. The van der Waals surface area contributed by atoms with E-state index in [1.165, 1.54) is 19.2 Å². The lowest BCUT2D eigenvalue weighted by Gasteiger charge is -2.05. The first-order valence-corrected chi connectivity index (χ1v) is 7.80. The van der Waals surface area contributed by atoms with Gasteiger partial charge in [-0.05, 0) is 17.7 Å². The Bertz CT molecular complexity index is 654. The molecule has 0 radical (unpaired) electrons. The van der Waals surface area contributed by atoms with E-state index < -0.39 is 10.0 Å². The van der Waals surface area contributed by atoms with Crippen molar-refractivity contribution in [2.75, 3.05) is 11.8 Å². The van der Waals surface area contributed by atoms with Crippen LogP contribution in [0.3, 0.4) is 0 Å². The first kappa shape index (κ1) is 13.8. The summed E-state index contributed by atoms with van der Waals surface area (Å²) in [5.74, 6) is 0.00131. The van der Waals surface area contributed by atoms with E-state index in [0.717, 1.165) is 5.56 Å². The second-order valence-corrected chi connectivity index (χ2v) is 5.80. The maximum Gasteiger partial charge on any atom is 0.336 e. The Morgan fingerprint density at radius 1 is 1.37 bits per heavy atom. The maximum atomic E-state index is 12.0. The molecule has 0 aliphatic carbocycles. The van der Waals surface area contributed by atoms with Crippen LogP contribution in [0.25, 0.3) is 0 Å².